The molecule has 0 fully saturated rings. The number of fused-ring (bicyclic) bond motifs is 3. The van der Waals surface area contributed by atoms with Crippen molar-refractivity contribution in [2.75, 3.05) is 0 Å². The molecule has 1 aromatic carbocycles. The third-order valence-electron chi connectivity index (χ3n) is 2.44. The average Bonchev–Trinajstić information content (AvgIpc) is 2.60. The van der Waals surface area contributed by atoms with Gasteiger partial charge in [0, 0.05) is 16.1 Å². The molecule has 15 heavy (non-hydrogen) atoms. The third-order valence-corrected chi connectivity index (χ3v) is 2.94. The van der Waals surface area contributed by atoms with Crippen LogP contribution in [-0.2, 0) is 0 Å². The van der Waals surface area contributed by atoms with Crippen LogP contribution in [0.25, 0.3) is 16.3 Å². The van der Waals surface area contributed by atoms with Crippen molar-refractivity contribution in [3.05, 3.63) is 41.1 Å². The molecule has 0 saturated carbocycles. The largest absolute Gasteiger partial charge is 0.504 e. The number of halogens is 1. The lowest BCUT2D eigenvalue weighted by Gasteiger charge is -2.01. The third kappa shape index (κ3) is 1.22. The van der Waals surface area contributed by atoms with Gasteiger partial charge in [0.1, 0.15) is 5.52 Å². The van der Waals surface area contributed by atoms with Gasteiger partial charge in [-0.15, -0.1) is 0 Å². The van der Waals surface area contributed by atoms with Crippen LogP contribution in [-0.4, -0.2) is 14.7 Å². The Bertz CT molecular complexity index is 660. The zero-order chi connectivity index (χ0) is 10.4. The van der Waals surface area contributed by atoms with Gasteiger partial charge in [-0.2, -0.15) is 5.10 Å². The second kappa shape index (κ2) is 2.97. The van der Waals surface area contributed by atoms with E-state index in [1.54, 1.807) is 4.52 Å². The lowest BCUT2D eigenvalue weighted by molar-refractivity contribution is 0.481. The molecule has 3 aromatic rings. The van der Waals surface area contributed by atoms with E-state index < -0.39 is 0 Å². The highest BCUT2D eigenvalue weighted by Crippen LogP contribution is 2.28. The van der Waals surface area contributed by atoms with Gasteiger partial charge >= 0.3 is 0 Å². The maximum Gasteiger partial charge on any atom is 0.162 e. The second-order valence-corrected chi connectivity index (χ2v) is 4.29. The first-order valence-electron chi connectivity index (χ1n) is 4.50. The molecule has 2 heterocycles. The van der Waals surface area contributed by atoms with Crippen molar-refractivity contribution in [2.45, 2.75) is 0 Å². The van der Waals surface area contributed by atoms with Gasteiger partial charge in [0.2, 0.25) is 0 Å². The van der Waals surface area contributed by atoms with E-state index in [9.17, 15) is 5.11 Å². The first kappa shape index (κ1) is 8.73. The molecule has 3 nitrogen and oxygen atoms in total. The van der Waals surface area contributed by atoms with Crippen LogP contribution in [0.5, 0.6) is 5.75 Å². The summed E-state index contributed by atoms with van der Waals surface area (Å²) in [5.41, 5.74) is 0.744. The molecule has 0 amide bonds. The van der Waals surface area contributed by atoms with Gasteiger partial charge in [-0.1, -0.05) is 22.0 Å². The summed E-state index contributed by atoms with van der Waals surface area (Å²) < 4.78 is 2.66. The molecule has 0 bridgehead atoms. The summed E-state index contributed by atoms with van der Waals surface area (Å²) in [6.07, 6.45) is 3.29. The van der Waals surface area contributed by atoms with Crippen LogP contribution >= 0.6 is 15.9 Å². The Balaban J connectivity index is 2.61. The first-order chi connectivity index (χ1) is 7.25. The van der Waals surface area contributed by atoms with E-state index in [0.717, 1.165) is 20.8 Å². The minimum absolute atomic E-state index is 0.207. The van der Waals surface area contributed by atoms with Gasteiger partial charge in [0.05, 0.1) is 6.20 Å². The van der Waals surface area contributed by atoms with Gasteiger partial charge in [0.25, 0.3) is 0 Å². The highest BCUT2D eigenvalue weighted by atomic mass is 79.9. The zero-order valence-corrected chi connectivity index (χ0v) is 9.27. The molecule has 0 aliphatic rings. The molecule has 0 spiro atoms. The highest BCUT2D eigenvalue weighted by molar-refractivity contribution is 9.10. The Morgan fingerprint density at radius 3 is 3.00 bits per heavy atom. The standard InChI is InChI=1S/C11H7BrN2O/c12-8-2-1-7-3-4-14-11(9(7)5-8)10(15)6-13-14/h1-6,15H. The lowest BCUT2D eigenvalue weighted by atomic mass is 10.1. The molecule has 0 atom stereocenters. The van der Waals surface area contributed by atoms with Crippen molar-refractivity contribution >= 4 is 32.2 Å². The summed E-state index contributed by atoms with van der Waals surface area (Å²) in [5.74, 6) is 0.207. The molecule has 0 aliphatic heterocycles. The van der Waals surface area contributed by atoms with E-state index in [1.807, 2.05) is 30.5 Å². The quantitative estimate of drug-likeness (QED) is 0.677. The molecule has 4 heteroatoms. The molecule has 2 aromatic heterocycles. The van der Waals surface area contributed by atoms with Crippen molar-refractivity contribution in [2.24, 2.45) is 0 Å². The second-order valence-electron chi connectivity index (χ2n) is 3.37. The number of pyridine rings is 1. The topological polar surface area (TPSA) is 37.5 Å². The highest BCUT2D eigenvalue weighted by Gasteiger charge is 2.06. The summed E-state index contributed by atoms with van der Waals surface area (Å²) in [6, 6.07) is 7.94. The fourth-order valence-corrected chi connectivity index (χ4v) is 2.12. The van der Waals surface area contributed by atoms with Gasteiger partial charge in [0.15, 0.2) is 5.75 Å². The average molecular weight is 263 g/mol. The molecule has 0 unspecified atom stereocenters. The van der Waals surface area contributed by atoms with Gasteiger partial charge in [-0.25, -0.2) is 4.52 Å². The Morgan fingerprint density at radius 1 is 1.27 bits per heavy atom. The predicted octanol–water partition coefficient (Wildman–Crippen LogP) is 2.96. The summed E-state index contributed by atoms with van der Waals surface area (Å²) in [6.45, 7) is 0. The first-order valence-corrected chi connectivity index (χ1v) is 5.29. The SMILES string of the molecule is Oc1cnn2ccc3ccc(Br)cc3c12. The van der Waals surface area contributed by atoms with Gasteiger partial charge < -0.3 is 5.11 Å². The van der Waals surface area contributed by atoms with E-state index in [1.165, 1.54) is 6.20 Å². The number of benzene rings is 1. The van der Waals surface area contributed by atoms with Crippen LogP contribution in [0.2, 0.25) is 0 Å². The van der Waals surface area contributed by atoms with Crippen LogP contribution in [0, 0.1) is 0 Å². The van der Waals surface area contributed by atoms with Crippen molar-refractivity contribution < 1.29 is 5.11 Å². The van der Waals surface area contributed by atoms with E-state index >= 15 is 0 Å². The number of nitrogens with zero attached hydrogens (tertiary/aromatic N) is 2. The van der Waals surface area contributed by atoms with Crippen molar-refractivity contribution in [3.8, 4) is 5.75 Å². The Kier molecular flexibility index (Phi) is 1.73. The summed E-state index contributed by atoms with van der Waals surface area (Å²) in [7, 11) is 0. The Hall–Kier alpha value is -1.55. The maximum absolute atomic E-state index is 9.70. The maximum atomic E-state index is 9.70. The molecule has 0 radical (unpaired) electrons. The predicted molar refractivity (Wildman–Crippen MR) is 62.1 cm³/mol. The van der Waals surface area contributed by atoms with Crippen LogP contribution in [0.4, 0.5) is 0 Å². The fourth-order valence-electron chi connectivity index (χ4n) is 1.76. The number of hydrogen-bond acceptors (Lipinski definition) is 2. The minimum Gasteiger partial charge on any atom is -0.504 e. The number of aromatic nitrogens is 2. The van der Waals surface area contributed by atoms with Gasteiger partial charge in [-0.3, -0.25) is 0 Å². The van der Waals surface area contributed by atoms with E-state index in [0.29, 0.717) is 0 Å². The zero-order valence-electron chi connectivity index (χ0n) is 7.68. The Labute approximate surface area is 94.1 Å². The summed E-state index contributed by atoms with van der Waals surface area (Å²) in [4.78, 5) is 0. The Morgan fingerprint density at radius 2 is 2.13 bits per heavy atom. The molecule has 0 aliphatic carbocycles. The molecule has 3 rings (SSSR count). The number of rotatable bonds is 0. The summed E-state index contributed by atoms with van der Waals surface area (Å²) >= 11 is 3.42. The smallest absolute Gasteiger partial charge is 0.162 e. The fraction of sp³-hybridized carbons (Fsp3) is 0. The van der Waals surface area contributed by atoms with E-state index in [-0.39, 0.29) is 5.75 Å². The van der Waals surface area contributed by atoms with Crippen LogP contribution in [0.3, 0.4) is 0 Å². The van der Waals surface area contributed by atoms with Gasteiger partial charge in [-0.05, 0) is 23.6 Å². The molecule has 1 N–H and O–H groups in total. The molecular weight excluding hydrogens is 256 g/mol. The van der Waals surface area contributed by atoms with Crippen molar-refractivity contribution in [3.63, 3.8) is 0 Å². The van der Waals surface area contributed by atoms with Crippen LogP contribution in [0.15, 0.2) is 41.1 Å². The van der Waals surface area contributed by atoms with Crippen molar-refractivity contribution in [1.82, 2.24) is 9.61 Å². The number of hydrogen-bond donors (Lipinski definition) is 1. The summed E-state index contributed by atoms with van der Waals surface area (Å²) in [5, 5.41) is 15.8. The van der Waals surface area contributed by atoms with Crippen LogP contribution in [0.1, 0.15) is 0 Å². The molecule has 74 valence electrons. The minimum atomic E-state index is 0.207. The van der Waals surface area contributed by atoms with E-state index in [4.69, 9.17) is 0 Å². The normalized spacial score (nSPS) is 11.3. The lowest BCUT2D eigenvalue weighted by Crippen LogP contribution is -1.86. The molecular formula is C11H7BrN2O. The van der Waals surface area contributed by atoms with Crippen LogP contribution < -0.4 is 0 Å². The monoisotopic (exact) mass is 262 g/mol. The van der Waals surface area contributed by atoms with E-state index in [2.05, 4.69) is 21.0 Å². The molecule has 0 saturated heterocycles. The van der Waals surface area contributed by atoms with Crippen molar-refractivity contribution in [1.29, 1.82) is 0 Å². The number of aromatic hydroxyl groups is 1.